The van der Waals surface area contributed by atoms with Gasteiger partial charge in [0.15, 0.2) is 0 Å². The van der Waals surface area contributed by atoms with Crippen molar-refractivity contribution in [2.24, 2.45) is 5.41 Å². The first-order valence-corrected chi connectivity index (χ1v) is 8.49. The Balaban J connectivity index is 2.47. The summed E-state index contributed by atoms with van der Waals surface area (Å²) in [7, 11) is 5.90. The Morgan fingerprint density at radius 3 is 2.45 bits per heavy atom. The molecule has 0 radical (unpaired) electrons. The average Bonchev–Trinajstić information content (AvgIpc) is 2.54. The normalized spacial score (nSPS) is 20.6. The molecular weight excluding hydrogens is 274 g/mol. The topological polar surface area (TPSA) is 32.7 Å². The fourth-order valence-electron chi connectivity index (χ4n) is 4.30. The Kier molecular flexibility index (Phi) is 5.51. The minimum Gasteiger partial charge on any atom is -0.497 e. The minimum absolute atomic E-state index is 0.0735. The molecule has 1 aromatic rings. The van der Waals surface area contributed by atoms with Crippen LogP contribution in [0.5, 0.6) is 5.75 Å². The molecule has 1 atom stereocenters. The predicted molar refractivity (Wildman–Crippen MR) is 91.3 cm³/mol. The van der Waals surface area contributed by atoms with Gasteiger partial charge in [-0.1, -0.05) is 38.3 Å². The molecule has 0 aliphatic heterocycles. The van der Waals surface area contributed by atoms with Gasteiger partial charge in [-0.3, -0.25) is 0 Å². The Labute approximate surface area is 135 Å². The number of hydrogen-bond donors (Lipinski definition) is 1. The SMILES string of the molecule is CCC(O)(c1cccc(OC)c1)C1(CN(C)C)CCCCC1. The van der Waals surface area contributed by atoms with Crippen molar-refractivity contribution in [3.8, 4) is 5.75 Å². The van der Waals surface area contributed by atoms with Crippen molar-refractivity contribution in [2.45, 2.75) is 51.0 Å². The highest BCUT2D eigenvalue weighted by atomic mass is 16.5. The van der Waals surface area contributed by atoms with E-state index in [4.69, 9.17) is 4.74 Å². The van der Waals surface area contributed by atoms with Gasteiger partial charge in [0, 0.05) is 12.0 Å². The van der Waals surface area contributed by atoms with Gasteiger partial charge in [-0.2, -0.15) is 0 Å². The van der Waals surface area contributed by atoms with Crippen LogP contribution in [-0.4, -0.2) is 37.8 Å². The molecule has 0 saturated heterocycles. The largest absolute Gasteiger partial charge is 0.497 e. The molecular formula is C19H31NO2. The highest BCUT2D eigenvalue weighted by Crippen LogP contribution is 2.52. The Morgan fingerprint density at radius 1 is 1.23 bits per heavy atom. The molecule has 1 saturated carbocycles. The highest BCUT2D eigenvalue weighted by molar-refractivity contribution is 5.34. The van der Waals surface area contributed by atoms with Gasteiger partial charge in [0.25, 0.3) is 0 Å². The van der Waals surface area contributed by atoms with E-state index in [9.17, 15) is 5.11 Å². The first-order chi connectivity index (χ1) is 10.5. The number of rotatable bonds is 6. The van der Waals surface area contributed by atoms with Crippen molar-refractivity contribution in [1.29, 1.82) is 0 Å². The fourth-order valence-corrected chi connectivity index (χ4v) is 4.30. The zero-order valence-electron chi connectivity index (χ0n) is 14.6. The summed E-state index contributed by atoms with van der Waals surface area (Å²) in [6, 6.07) is 7.99. The second-order valence-electron chi connectivity index (χ2n) is 7.02. The van der Waals surface area contributed by atoms with Crippen LogP contribution in [0.2, 0.25) is 0 Å². The number of ether oxygens (including phenoxy) is 1. The molecule has 1 N–H and O–H groups in total. The lowest BCUT2D eigenvalue weighted by Gasteiger charge is -2.51. The van der Waals surface area contributed by atoms with Crippen molar-refractivity contribution in [1.82, 2.24) is 4.90 Å². The van der Waals surface area contributed by atoms with E-state index in [1.54, 1.807) is 7.11 Å². The van der Waals surface area contributed by atoms with Crippen LogP contribution in [0.1, 0.15) is 51.0 Å². The van der Waals surface area contributed by atoms with Gasteiger partial charge in [0.2, 0.25) is 0 Å². The second-order valence-corrected chi connectivity index (χ2v) is 7.02. The fraction of sp³-hybridized carbons (Fsp3) is 0.684. The van der Waals surface area contributed by atoms with E-state index in [1.165, 1.54) is 19.3 Å². The first-order valence-electron chi connectivity index (χ1n) is 8.49. The van der Waals surface area contributed by atoms with Crippen molar-refractivity contribution in [3.05, 3.63) is 29.8 Å². The highest BCUT2D eigenvalue weighted by Gasteiger charge is 2.50. The molecule has 1 aromatic carbocycles. The van der Waals surface area contributed by atoms with E-state index in [-0.39, 0.29) is 5.41 Å². The smallest absolute Gasteiger partial charge is 0.119 e. The standard InChI is InChI=1S/C19H31NO2/c1-5-19(21,16-10-9-11-17(14-16)22-4)18(15-20(2)3)12-7-6-8-13-18/h9-11,14,21H,5-8,12-13,15H2,1-4H3. The number of benzene rings is 1. The maximum Gasteiger partial charge on any atom is 0.119 e. The predicted octanol–water partition coefficient (Wildman–Crippen LogP) is 3.80. The molecule has 1 aliphatic rings. The number of hydrogen-bond acceptors (Lipinski definition) is 3. The number of nitrogens with zero attached hydrogens (tertiary/aromatic N) is 1. The molecule has 2 rings (SSSR count). The minimum atomic E-state index is -0.799. The quantitative estimate of drug-likeness (QED) is 0.867. The summed E-state index contributed by atoms with van der Waals surface area (Å²) in [4.78, 5) is 2.23. The maximum atomic E-state index is 11.8. The summed E-state index contributed by atoms with van der Waals surface area (Å²) >= 11 is 0. The van der Waals surface area contributed by atoms with Crippen molar-refractivity contribution >= 4 is 0 Å². The number of aliphatic hydroxyl groups is 1. The maximum absolute atomic E-state index is 11.8. The van der Waals surface area contributed by atoms with E-state index < -0.39 is 5.60 Å². The van der Waals surface area contributed by atoms with Gasteiger partial charge in [0.05, 0.1) is 12.7 Å². The molecule has 22 heavy (non-hydrogen) atoms. The van der Waals surface area contributed by atoms with Crippen LogP contribution in [0.3, 0.4) is 0 Å². The Bertz CT molecular complexity index is 480. The van der Waals surface area contributed by atoms with E-state index in [0.29, 0.717) is 0 Å². The third kappa shape index (κ3) is 3.16. The van der Waals surface area contributed by atoms with Crippen LogP contribution < -0.4 is 4.74 Å². The molecule has 0 spiro atoms. The summed E-state index contributed by atoms with van der Waals surface area (Å²) in [6.45, 7) is 3.03. The third-order valence-electron chi connectivity index (χ3n) is 5.37. The zero-order chi connectivity index (χ0) is 16.2. The lowest BCUT2D eigenvalue weighted by atomic mass is 9.59. The van der Waals surface area contributed by atoms with Crippen molar-refractivity contribution < 1.29 is 9.84 Å². The molecule has 1 aliphatic carbocycles. The molecule has 3 nitrogen and oxygen atoms in total. The molecule has 0 bridgehead atoms. The first kappa shape index (κ1) is 17.3. The Morgan fingerprint density at radius 2 is 1.91 bits per heavy atom. The monoisotopic (exact) mass is 305 g/mol. The summed E-state index contributed by atoms with van der Waals surface area (Å²) < 4.78 is 5.37. The van der Waals surface area contributed by atoms with Crippen LogP contribution >= 0.6 is 0 Å². The van der Waals surface area contributed by atoms with Crippen LogP contribution in [0.4, 0.5) is 0 Å². The van der Waals surface area contributed by atoms with Crippen LogP contribution in [0.25, 0.3) is 0 Å². The number of methoxy groups -OCH3 is 1. The van der Waals surface area contributed by atoms with E-state index >= 15 is 0 Å². The van der Waals surface area contributed by atoms with Crippen molar-refractivity contribution in [2.75, 3.05) is 27.7 Å². The second kappa shape index (κ2) is 7.01. The molecule has 3 heteroatoms. The summed E-state index contributed by atoms with van der Waals surface area (Å²) in [6.07, 6.45) is 6.61. The zero-order valence-corrected chi connectivity index (χ0v) is 14.6. The average molecular weight is 305 g/mol. The van der Waals surface area contributed by atoms with Gasteiger partial charge in [-0.05, 0) is 51.1 Å². The Hall–Kier alpha value is -1.06. The lowest BCUT2D eigenvalue weighted by Crippen LogP contribution is -2.52. The van der Waals surface area contributed by atoms with Gasteiger partial charge in [-0.15, -0.1) is 0 Å². The summed E-state index contributed by atoms with van der Waals surface area (Å²) in [5.41, 5.74) is 0.125. The summed E-state index contributed by atoms with van der Waals surface area (Å²) in [5, 5.41) is 11.8. The van der Waals surface area contributed by atoms with Gasteiger partial charge in [-0.25, -0.2) is 0 Å². The van der Waals surface area contributed by atoms with E-state index in [2.05, 4.69) is 32.0 Å². The molecule has 1 fully saturated rings. The van der Waals surface area contributed by atoms with Crippen LogP contribution in [-0.2, 0) is 5.60 Å². The van der Waals surface area contributed by atoms with Crippen LogP contribution in [0.15, 0.2) is 24.3 Å². The van der Waals surface area contributed by atoms with Gasteiger partial charge >= 0.3 is 0 Å². The van der Waals surface area contributed by atoms with Crippen LogP contribution in [0, 0.1) is 5.41 Å². The molecule has 0 heterocycles. The molecule has 124 valence electrons. The molecule has 0 amide bonds. The molecule has 1 unspecified atom stereocenters. The molecule has 0 aromatic heterocycles. The summed E-state index contributed by atoms with van der Waals surface area (Å²) in [5.74, 6) is 0.820. The van der Waals surface area contributed by atoms with Crippen molar-refractivity contribution in [3.63, 3.8) is 0 Å². The lowest BCUT2D eigenvalue weighted by molar-refractivity contribution is -0.123. The van der Waals surface area contributed by atoms with E-state index in [1.807, 2.05) is 18.2 Å². The van der Waals surface area contributed by atoms with E-state index in [0.717, 1.165) is 37.1 Å². The third-order valence-corrected chi connectivity index (χ3v) is 5.37. The van der Waals surface area contributed by atoms with Gasteiger partial charge < -0.3 is 14.7 Å². The van der Waals surface area contributed by atoms with Gasteiger partial charge in [0.1, 0.15) is 5.75 Å².